The zero-order chi connectivity index (χ0) is 19.8. The average molecular weight is 369 g/mol. The molecule has 0 bridgehead atoms. The summed E-state index contributed by atoms with van der Waals surface area (Å²) < 4.78 is 0. The number of benzene rings is 2. The maximum atomic E-state index is 12.5. The number of nitriles is 1. The molecule has 1 amide bonds. The Morgan fingerprint density at radius 3 is 2.43 bits per heavy atom. The number of nitrogens with one attached hydrogen (secondary N) is 1. The smallest absolute Gasteiger partial charge is 0.263 e. The summed E-state index contributed by atoms with van der Waals surface area (Å²) in [7, 11) is 0. The van der Waals surface area contributed by atoms with Gasteiger partial charge in [0.15, 0.2) is 0 Å². The maximum Gasteiger partial charge on any atom is 0.263 e. The first-order chi connectivity index (χ1) is 13.7. The van der Waals surface area contributed by atoms with Gasteiger partial charge in [0.25, 0.3) is 5.91 Å². The fraction of sp³-hybridized carbons (Fsp3) is 0.0455. The van der Waals surface area contributed by atoms with Gasteiger partial charge in [-0.15, -0.1) is 0 Å². The van der Waals surface area contributed by atoms with Gasteiger partial charge in [-0.1, -0.05) is 24.3 Å². The summed E-state index contributed by atoms with van der Waals surface area (Å²) in [6.45, 7) is 0.291. The molecule has 0 saturated heterocycles. The first-order valence-electron chi connectivity index (χ1n) is 8.66. The van der Waals surface area contributed by atoms with Crippen LogP contribution in [0.1, 0.15) is 5.56 Å². The van der Waals surface area contributed by atoms with Gasteiger partial charge in [0, 0.05) is 42.2 Å². The molecule has 6 heteroatoms. The molecule has 1 aromatic heterocycles. The van der Waals surface area contributed by atoms with Crippen LogP contribution in [0.3, 0.4) is 0 Å². The van der Waals surface area contributed by atoms with Crippen molar-refractivity contribution in [3.8, 4) is 6.07 Å². The second-order valence-electron chi connectivity index (χ2n) is 6.00. The molecule has 0 aliphatic heterocycles. The van der Waals surface area contributed by atoms with Crippen molar-refractivity contribution in [2.45, 2.75) is 6.54 Å². The third kappa shape index (κ3) is 4.74. The largest absolute Gasteiger partial charge is 0.399 e. The van der Waals surface area contributed by atoms with Gasteiger partial charge in [0.1, 0.15) is 11.6 Å². The fourth-order valence-corrected chi connectivity index (χ4v) is 2.57. The van der Waals surface area contributed by atoms with Crippen LogP contribution in [-0.4, -0.2) is 10.9 Å². The number of pyridine rings is 1. The van der Waals surface area contributed by atoms with Gasteiger partial charge in [0.2, 0.25) is 0 Å². The number of carbonyl (C=O) groups excluding carboxylic acids is 1. The molecule has 0 aliphatic rings. The van der Waals surface area contributed by atoms with Crippen molar-refractivity contribution < 1.29 is 4.79 Å². The van der Waals surface area contributed by atoms with Gasteiger partial charge in [0.05, 0.1) is 0 Å². The summed E-state index contributed by atoms with van der Waals surface area (Å²) in [6, 6.07) is 22.3. The molecule has 2 aromatic carbocycles. The van der Waals surface area contributed by atoms with Crippen molar-refractivity contribution in [1.82, 2.24) is 10.3 Å². The second kappa shape index (κ2) is 9.01. The Balaban J connectivity index is 1.87. The number of amides is 1. The number of rotatable bonds is 6. The summed E-state index contributed by atoms with van der Waals surface area (Å²) >= 11 is 0. The minimum Gasteiger partial charge on any atom is -0.399 e. The average Bonchev–Trinajstić information content (AvgIpc) is 2.75. The van der Waals surface area contributed by atoms with Crippen LogP contribution in [-0.2, 0) is 11.3 Å². The topological polar surface area (TPSA) is 95.0 Å². The molecule has 28 heavy (non-hydrogen) atoms. The zero-order valence-electron chi connectivity index (χ0n) is 15.1. The third-order valence-electron chi connectivity index (χ3n) is 4.00. The molecule has 3 rings (SSSR count). The van der Waals surface area contributed by atoms with Crippen LogP contribution in [0.2, 0.25) is 0 Å². The van der Waals surface area contributed by atoms with E-state index >= 15 is 0 Å². The number of nitrogens with two attached hydrogens (primary N) is 1. The van der Waals surface area contributed by atoms with E-state index in [1.807, 2.05) is 54.6 Å². The first kappa shape index (κ1) is 18.7. The zero-order valence-corrected chi connectivity index (χ0v) is 15.1. The summed E-state index contributed by atoms with van der Waals surface area (Å²) in [5, 5.41) is 12.3. The minimum absolute atomic E-state index is 0.00966. The molecule has 0 unspecified atom stereocenters. The lowest BCUT2D eigenvalue weighted by atomic mass is 10.2. The Hall–Kier alpha value is -4.11. The summed E-state index contributed by atoms with van der Waals surface area (Å²) in [6.07, 6.45) is 4.86. The number of carbonyl (C=O) groups is 1. The summed E-state index contributed by atoms with van der Waals surface area (Å²) in [4.78, 5) is 18.3. The van der Waals surface area contributed by atoms with Crippen LogP contribution in [0.15, 0.2) is 90.9 Å². The van der Waals surface area contributed by atoms with E-state index in [1.165, 1.54) is 6.20 Å². The predicted octanol–water partition coefficient (Wildman–Crippen LogP) is 3.53. The highest BCUT2D eigenvalue weighted by Crippen LogP contribution is 2.27. The molecule has 0 saturated carbocycles. The Labute approximate surface area is 163 Å². The highest BCUT2D eigenvalue weighted by Gasteiger charge is 2.14. The van der Waals surface area contributed by atoms with Crippen LogP contribution in [0, 0.1) is 11.3 Å². The number of hydrogen-bond donors (Lipinski definition) is 2. The van der Waals surface area contributed by atoms with Crippen molar-refractivity contribution in [3.05, 3.63) is 96.5 Å². The molecular weight excluding hydrogens is 350 g/mol. The van der Waals surface area contributed by atoms with Crippen LogP contribution >= 0.6 is 0 Å². The third-order valence-corrected chi connectivity index (χ3v) is 4.00. The highest BCUT2D eigenvalue weighted by atomic mass is 16.1. The number of nitrogen functional groups attached to an aromatic ring is 1. The van der Waals surface area contributed by atoms with Crippen molar-refractivity contribution in [2.75, 3.05) is 10.6 Å². The molecule has 0 fully saturated rings. The van der Waals surface area contributed by atoms with Gasteiger partial charge in [-0.25, -0.2) is 0 Å². The lowest BCUT2D eigenvalue weighted by Crippen LogP contribution is -2.25. The quantitative estimate of drug-likeness (QED) is 0.394. The second-order valence-corrected chi connectivity index (χ2v) is 6.00. The Bertz CT molecular complexity index is 993. The van der Waals surface area contributed by atoms with Gasteiger partial charge in [-0.05, 0) is 48.0 Å². The summed E-state index contributed by atoms with van der Waals surface area (Å²) in [5.74, 6) is -0.456. The van der Waals surface area contributed by atoms with E-state index in [2.05, 4.69) is 10.3 Å². The number of hydrogen-bond acceptors (Lipinski definition) is 5. The Kier molecular flexibility index (Phi) is 6.01. The molecule has 1 heterocycles. The Morgan fingerprint density at radius 2 is 1.79 bits per heavy atom. The lowest BCUT2D eigenvalue weighted by molar-refractivity contribution is -0.117. The standard InChI is InChI=1S/C22H19N5O/c23-13-18(22(28)26-15-17-5-4-12-25-14-17)16-27(20-6-2-1-3-7-20)21-10-8-19(24)9-11-21/h1-12,14,16H,15,24H2,(H,26,28)/b18-16-. The highest BCUT2D eigenvalue weighted by molar-refractivity contribution is 5.98. The SMILES string of the molecule is N#C/C(=C/N(c1ccccc1)c1ccc(N)cc1)C(=O)NCc1cccnc1. The fourth-order valence-electron chi connectivity index (χ4n) is 2.57. The van der Waals surface area contributed by atoms with Crippen LogP contribution in [0.4, 0.5) is 17.1 Å². The summed E-state index contributed by atoms with van der Waals surface area (Å²) in [5.41, 5.74) is 8.86. The monoisotopic (exact) mass is 369 g/mol. The van der Waals surface area contributed by atoms with E-state index < -0.39 is 5.91 Å². The van der Waals surface area contributed by atoms with E-state index in [1.54, 1.807) is 35.5 Å². The molecule has 138 valence electrons. The Morgan fingerprint density at radius 1 is 1.07 bits per heavy atom. The van der Waals surface area contributed by atoms with E-state index in [4.69, 9.17) is 5.73 Å². The molecule has 0 spiro atoms. The molecule has 0 atom stereocenters. The lowest BCUT2D eigenvalue weighted by Gasteiger charge is -2.21. The molecule has 0 radical (unpaired) electrons. The van der Waals surface area contributed by atoms with Gasteiger partial charge in [-0.2, -0.15) is 5.26 Å². The molecule has 3 N–H and O–H groups in total. The predicted molar refractivity (Wildman–Crippen MR) is 109 cm³/mol. The van der Waals surface area contributed by atoms with Crippen LogP contribution in [0.25, 0.3) is 0 Å². The van der Waals surface area contributed by atoms with Crippen LogP contribution < -0.4 is 16.0 Å². The normalized spacial score (nSPS) is 10.8. The van der Waals surface area contributed by atoms with Gasteiger partial charge >= 0.3 is 0 Å². The van der Waals surface area contributed by atoms with Gasteiger partial charge in [-0.3, -0.25) is 9.78 Å². The molecule has 6 nitrogen and oxygen atoms in total. The van der Waals surface area contributed by atoms with Crippen molar-refractivity contribution in [1.29, 1.82) is 5.26 Å². The van der Waals surface area contributed by atoms with E-state index in [-0.39, 0.29) is 5.57 Å². The molecule has 3 aromatic rings. The maximum absolute atomic E-state index is 12.5. The molecule has 0 aliphatic carbocycles. The minimum atomic E-state index is -0.456. The molecular formula is C22H19N5O. The number of anilines is 3. The van der Waals surface area contributed by atoms with E-state index in [9.17, 15) is 10.1 Å². The first-order valence-corrected chi connectivity index (χ1v) is 8.66. The van der Waals surface area contributed by atoms with Gasteiger partial charge < -0.3 is 16.0 Å². The number of para-hydroxylation sites is 1. The number of aromatic nitrogens is 1. The van der Waals surface area contributed by atoms with Crippen molar-refractivity contribution >= 4 is 23.0 Å². The van der Waals surface area contributed by atoms with E-state index in [0.29, 0.717) is 12.2 Å². The van der Waals surface area contributed by atoms with Crippen molar-refractivity contribution in [2.24, 2.45) is 0 Å². The van der Waals surface area contributed by atoms with Crippen LogP contribution in [0.5, 0.6) is 0 Å². The number of nitrogens with zero attached hydrogens (tertiary/aromatic N) is 3. The van der Waals surface area contributed by atoms with Crippen molar-refractivity contribution in [3.63, 3.8) is 0 Å². The van der Waals surface area contributed by atoms with E-state index in [0.717, 1.165) is 16.9 Å².